The van der Waals surface area contributed by atoms with Crippen molar-refractivity contribution >= 4 is 11.6 Å². The number of ketones is 2. The van der Waals surface area contributed by atoms with Gasteiger partial charge in [-0.3, -0.25) is 9.59 Å². The normalized spacial score (nSPS) is 17.1. The van der Waals surface area contributed by atoms with Crippen LogP contribution in [0.5, 0.6) is 0 Å². The van der Waals surface area contributed by atoms with E-state index in [1.807, 2.05) is 0 Å². The van der Waals surface area contributed by atoms with Crippen LogP contribution in [0.2, 0.25) is 0 Å². The lowest BCUT2D eigenvalue weighted by Crippen LogP contribution is -2.23. The number of allylic oxidation sites excluding steroid dienone is 1. The van der Waals surface area contributed by atoms with E-state index in [-0.39, 0.29) is 17.1 Å². The van der Waals surface area contributed by atoms with Crippen LogP contribution in [0, 0.1) is 0 Å². The molecule has 1 aliphatic carbocycles. The molecule has 0 unspecified atom stereocenters. The molecule has 3 heteroatoms. The predicted molar refractivity (Wildman–Crippen MR) is 54.9 cm³/mol. The summed E-state index contributed by atoms with van der Waals surface area (Å²) in [5, 5.41) is 9.35. The highest BCUT2D eigenvalue weighted by Crippen LogP contribution is 2.22. The highest BCUT2D eigenvalue weighted by atomic mass is 16.3. The van der Waals surface area contributed by atoms with Crippen LogP contribution in [-0.4, -0.2) is 22.8 Å². The molecule has 15 heavy (non-hydrogen) atoms. The Labute approximate surface area is 87.0 Å². The fourth-order valence-electron chi connectivity index (χ4n) is 1.65. The molecule has 1 aliphatic rings. The summed E-state index contributed by atoms with van der Waals surface area (Å²) in [6.07, 6.45) is 0.310. The summed E-state index contributed by atoms with van der Waals surface area (Å²) in [7, 11) is 0. The zero-order chi connectivity index (χ0) is 11.0. The van der Waals surface area contributed by atoms with Crippen molar-refractivity contribution in [2.75, 3.05) is 0 Å². The lowest BCUT2D eigenvalue weighted by Gasteiger charge is -2.16. The number of carbonyl (C=O) groups excluding carboxylic acids is 2. The van der Waals surface area contributed by atoms with Crippen LogP contribution in [0.4, 0.5) is 0 Å². The van der Waals surface area contributed by atoms with E-state index in [0.29, 0.717) is 11.1 Å². The van der Waals surface area contributed by atoms with Crippen LogP contribution >= 0.6 is 0 Å². The zero-order valence-electron chi connectivity index (χ0n) is 8.23. The van der Waals surface area contributed by atoms with Gasteiger partial charge in [0.25, 0.3) is 0 Å². The number of rotatable bonds is 1. The lowest BCUT2D eigenvalue weighted by atomic mass is 9.87. The SMILES string of the molecule is C[C@@H](O)C1=CC(=O)c2ccccc2C1=O. The van der Waals surface area contributed by atoms with Crippen LogP contribution < -0.4 is 0 Å². The number of fused-ring (bicyclic) bond motifs is 1. The predicted octanol–water partition coefficient (Wildman–Crippen LogP) is 1.37. The molecule has 3 nitrogen and oxygen atoms in total. The minimum Gasteiger partial charge on any atom is -0.389 e. The summed E-state index contributed by atoms with van der Waals surface area (Å²) in [6.45, 7) is 1.48. The molecule has 1 N–H and O–H groups in total. The van der Waals surface area contributed by atoms with Gasteiger partial charge in [0.05, 0.1) is 6.10 Å². The molecular weight excluding hydrogens is 192 g/mol. The number of hydrogen-bond acceptors (Lipinski definition) is 3. The molecule has 0 saturated carbocycles. The van der Waals surface area contributed by atoms with Crippen molar-refractivity contribution < 1.29 is 14.7 Å². The quantitative estimate of drug-likeness (QED) is 0.748. The maximum atomic E-state index is 11.8. The first kappa shape index (κ1) is 9.80. The molecule has 1 atom stereocenters. The van der Waals surface area contributed by atoms with Gasteiger partial charge in [-0.15, -0.1) is 0 Å². The van der Waals surface area contributed by atoms with Gasteiger partial charge in [0.1, 0.15) is 0 Å². The molecule has 1 aromatic carbocycles. The Kier molecular flexibility index (Phi) is 2.25. The largest absolute Gasteiger partial charge is 0.389 e. The Morgan fingerprint density at radius 2 is 1.73 bits per heavy atom. The highest BCUT2D eigenvalue weighted by Gasteiger charge is 2.26. The van der Waals surface area contributed by atoms with Gasteiger partial charge < -0.3 is 5.11 Å². The number of hydrogen-bond donors (Lipinski definition) is 1. The van der Waals surface area contributed by atoms with Gasteiger partial charge in [0.2, 0.25) is 0 Å². The van der Waals surface area contributed by atoms with Gasteiger partial charge in [-0.25, -0.2) is 0 Å². The van der Waals surface area contributed by atoms with E-state index in [9.17, 15) is 14.7 Å². The fraction of sp³-hybridized carbons (Fsp3) is 0.167. The minimum absolute atomic E-state index is 0.165. The summed E-state index contributed by atoms with van der Waals surface area (Å²) in [5.41, 5.74) is 0.950. The van der Waals surface area contributed by atoms with Crippen molar-refractivity contribution in [1.29, 1.82) is 0 Å². The lowest BCUT2D eigenvalue weighted by molar-refractivity contribution is 0.0953. The Bertz CT molecular complexity index is 470. The Morgan fingerprint density at radius 1 is 1.13 bits per heavy atom. The number of Topliss-reactive ketones (excluding diaryl/α,β-unsaturated/α-hetero) is 1. The second-order valence-electron chi connectivity index (χ2n) is 3.51. The summed E-state index contributed by atoms with van der Waals surface area (Å²) >= 11 is 0. The molecule has 0 bridgehead atoms. The third-order valence-corrected chi connectivity index (χ3v) is 2.44. The maximum absolute atomic E-state index is 11.8. The molecule has 0 radical (unpaired) electrons. The summed E-state index contributed by atoms with van der Waals surface area (Å²) in [5.74, 6) is -0.485. The van der Waals surface area contributed by atoms with Gasteiger partial charge in [-0.05, 0) is 13.0 Å². The average molecular weight is 202 g/mol. The van der Waals surface area contributed by atoms with Gasteiger partial charge in [0, 0.05) is 16.7 Å². The Hall–Kier alpha value is -1.74. The fourth-order valence-corrected chi connectivity index (χ4v) is 1.65. The smallest absolute Gasteiger partial charge is 0.192 e. The Balaban J connectivity index is 2.59. The van der Waals surface area contributed by atoms with Crippen molar-refractivity contribution in [2.24, 2.45) is 0 Å². The van der Waals surface area contributed by atoms with Gasteiger partial charge in [-0.1, -0.05) is 24.3 Å². The van der Waals surface area contributed by atoms with E-state index in [1.54, 1.807) is 24.3 Å². The number of benzene rings is 1. The first-order valence-electron chi connectivity index (χ1n) is 4.69. The van der Waals surface area contributed by atoms with E-state index in [4.69, 9.17) is 0 Å². The molecular formula is C12H10O3. The van der Waals surface area contributed by atoms with Crippen LogP contribution in [-0.2, 0) is 0 Å². The highest BCUT2D eigenvalue weighted by molar-refractivity contribution is 6.24. The van der Waals surface area contributed by atoms with Gasteiger partial charge >= 0.3 is 0 Å². The van der Waals surface area contributed by atoms with E-state index >= 15 is 0 Å². The van der Waals surface area contributed by atoms with Gasteiger partial charge in [0.15, 0.2) is 11.6 Å². The number of carbonyl (C=O) groups is 2. The maximum Gasteiger partial charge on any atom is 0.192 e. The third kappa shape index (κ3) is 1.51. The van der Waals surface area contributed by atoms with Crippen molar-refractivity contribution in [1.82, 2.24) is 0 Å². The third-order valence-electron chi connectivity index (χ3n) is 2.44. The molecule has 0 amide bonds. The molecule has 76 valence electrons. The molecule has 0 heterocycles. The first-order chi connectivity index (χ1) is 7.11. The van der Waals surface area contributed by atoms with E-state index in [0.717, 1.165) is 0 Å². The molecule has 0 aliphatic heterocycles. The second kappa shape index (κ2) is 3.44. The van der Waals surface area contributed by atoms with Gasteiger partial charge in [-0.2, -0.15) is 0 Å². The monoisotopic (exact) mass is 202 g/mol. The molecule has 0 fully saturated rings. The minimum atomic E-state index is -0.908. The van der Waals surface area contributed by atoms with E-state index in [1.165, 1.54) is 13.0 Å². The second-order valence-corrected chi connectivity index (χ2v) is 3.51. The van der Waals surface area contributed by atoms with Crippen molar-refractivity contribution in [3.05, 3.63) is 47.0 Å². The van der Waals surface area contributed by atoms with Crippen LogP contribution in [0.3, 0.4) is 0 Å². The van der Waals surface area contributed by atoms with Crippen molar-refractivity contribution in [3.8, 4) is 0 Å². The molecule has 1 aromatic rings. The molecule has 0 spiro atoms. The van der Waals surface area contributed by atoms with Crippen molar-refractivity contribution in [2.45, 2.75) is 13.0 Å². The molecule has 2 rings (SSSR count). The standard InChI is InChI=1S/C12H10O3/c1-7(13)10-6-11(14)8-4-2-3-5-9(8)12(10)15/h2-7,13H,1H3/t7-/m1/s1. The van der Waals surface area contributed by atoms with Crippen molar-refractivity contribution in [3.63, 3.8) is 0 Å². The Morgan fingerprint density at radius 3 is 2.33 bits per heavy atom. The van der Waals surface area contributed by atoms with Crippen LogP contribution in [0.1, 0.15) is 27.6 Å². The summed E-state index contributed by atoms with van der Waals surface area (Å²) in [4.78, 5) is 23.4. The van der Waals surface area contributed by atoms with E-state index < -0.39 is 6.10 Å². The first-order valence-corrected chi connectivity index (χ1v) is 4.69. The average Bonchev–Trinajstić information content (AvgIpc) is 2.23. The molecule has 0 aromatic heterocycles. The van der Waals surface area contributed by atoms with E-state index in [2.05, 4.69) is 0 Å². The zero-order valence-corrected chi connectivity index (χ0v) is 8.23. The number of aliphatic hydroxyl groups excluding tert-OH is 1. The number of aliphatic hydroxyl groups is 1. The van der Waals surface area contributed by atoms with Crippen LogP contribution in [0.15, 0.2) is 35.9 Å². The summed E-state index contributed by atoms with van der Waals surface area (Å²) in [6, 6.07) is 6.63. The molecule has 0 saturated heterocycles. The van der Waals surface area contributed by atoms with Crippen LogP contribution in [0.25, 0.3) is 0 Å². The topological polar surface area (TPSA) is 54.4 Å². The summed E-state index contributed by atoms with van der Waals surface area (Å²) < 4.78 is 0.